The van der Waals surface area contributed by atoms with Crippen LogP contribution in [-0.2, 0) is 24.3 Å². The summed E-state index contributed by atoms with van der Waals surface area (Å²) in [5.74, 6) is -0.928. The van der Waals surface area contributed by atoms with Gasteiger partial charge in [0.15, 0.2) is 0 Å². The number of halogens is 2. The fourth-order valence-electron chi connectivity index (χ4n) is 4.23. The van der Waals surface area contributed by atoms with Crippen molar-refractivity contribution in [1.29, 1.82) is 0 Å². The second kappa shape index (κ2) is 10.3. The number of carboxylic acid groups (broad SMARTS) is 1. The number of ether oxygens (including phenoxy) is 1. The number of aliphatic carboxylic acids is 1. The molecule has 5 rings (SSSR count). The van der Waals surface area contributed by atoms with Crippen LogP contribution in [0.2, 0.25) is 10.0 Å². The van der Waals surface area contributed by atoms with E-state index in [9.17, 15) is 23.1 Å². The molecule has 1 aliphatic rings. The number of pyridine rings is 1. The van der Waals surface area contributed by atoms with Crippen molar-refractivity contribution in [3.8, 4) is 5.82 Å². The predicted octanol–water partition coefficient (Wildman–Crippen LogP) is 3.98. The van der Waals surface area contributed by atoms with Gasteiger partial charge in [-0.3, -0.25) is 13.9 Å². The maximum atomic E-state index is 13.4. The number of carbonyl (C=O) groups is 2. The van der Waals surface area contributed by atoms with Crippen molar-refractivity contribution in [3.05, 3.63) is 77.0 Å². The molecule has 2 aromatic heterocycles. The minimum absolute atomic E-state index is 0.0179. The molecule has 1 fully saturated rings. The van der Waals surface area contributed by atoms with E-state index in [1.807, 2.05) is 0 Å². The average molecular weight is 575 g/mol. The number of rotatable bonds is 7. The third-order valence-corrected chi connectivity index (χ3v) is 8.13. The zero-order chi connectivity index (χ0) is 27.0. The molecule has 3 heterocycles. The standard InChI is InChI=1S/C25H20Cl2N4O6S/c26-17-10-18(27)12-21(11-17)38(35,36)31(14-25(33)34)20-1-2-22-16(9-20)4-6-30(22)23-13-19(3-5-28-23)29-7-8-37-15-24(29)32/h1-6,9-13H,7-8,14-15H2,(H,33,34). The second-order valence-corrected chi connectivity index (χ2v) is 11.1. The van der Waals surface area contributed by atoms with Gasteiger partial charge in [0, 0.05) is 46.1 Å². The summed E-state index contributed by atoms with van der Waals surface area (Å²) < 4.78 is 34.7. The smallest absolute Gasteiger partial charge is 0.324 e. The number of sulfonamides is 1. The largest absolute Gasteiger partial charge is 0.480 e. The normalized spacial score (nSPS) is 14.2. The van der Waals surface area contributed by atoms with Crippen molar-refractivity contribution in [2.45, 2.75) is 4.90 Å². The Kier molecular flexibility index (Phi) is 7.01. The number of carboxylic acids is 1. The summed E-state index contributed by atoms with van der Waals surface area (Å²) in [4.78, 5) is 29.7. The number of fused-ring (bicyclic) bond motifs is 1. The molecule has 1 amide bonds. The number of carbonyl (C=O) groups excluding carboxylic acids is 1. The van der Waals surface area contributed by atoms with E-state index in [1.54, 1.807) is 52.2 Å². The SMILES string of the molecule is O=C(O)CN(c1ccc2c(ccn2-c2cc(N3CCOCC3=O)ccn2)c1)S(=O)(=O)c1cc(Cl)cc(Cl)c1. The van der Waals surface area contributed by atoms with Gasteiger partial charge in [0.1, 0.15) is 19.0 Å². The van der Waals surface area contributed by atoms with Crippen LogP contribution in [0.15, 0.2) is 71.9 Å². The summed E-state index contributed by atoms with van der Waals surface area (Å²) in [5.41, 5.74) is 1.53. The Labute approximate surface area is 227 Å². The van der Waals surface area contributed by atoms with Gasteiger partial charge in [-0.2, -0.15) is 0 Å². The van der Waals surface area contributed by atoms with Crippen LogP contribution in [0.3, 0.4) is 0 Å². The number of amides is 1. The zero-order valence-corrected chi connectivity index (χ0v) is 21.9. The van der Waals surface area contributed by atoms with Crippen LogP contribution in [0.4, 0.5) is 11.4 Å². The van der Waals surface area contributed by atoms with Crippen molar-refractivity contribution >= 4 is 67.4 Å². The fraction of sp³-hybridized carbons (Fsp3) is 0.160. The highest BCUT2D eigenvalue weighted by Crippen LogP contribution is 2.31. The number of anilines is 2. The molecule has 1 N–H and O–H groups in total. The molecule has 1 saturated heterocycles. The Morgan fingerprint density at radius 2 is 1.84 bits per heavy atom. The summed E-state index contributed by atoms with van der Waals surface area (Å²) in [6, 6.07) is 13.9. The summed E-state index contributed by atoms with van der Waals surface area (Å²) >= 11 is 12.0. The topological polar surface area (TPSA) is 122 Å². The molecular weight excluding hydrogens is 555 g/mol. The molecule has 2 aromatic carbocycles. The summed E-state index contributed by atoms with van der Waals surface area (Å²) in [6.45, 7) is 0.0828. The van der Waals surface area contributed by atoms with Crippen LogP contribution in [0.25, 0.3) is 16.7 Å². The van der Waals surface area contributed by atoms with Gasteiger partial charge in [-0.15, -0.1) is 0 Å². The van der Waals surface area contributed by atoms with Crippen molar-refractivity contribution < 1.29 is 27.9 Å². The fourth-order valence-corrected chi connectivity index (χ4v) is 6.36. The lowest BCUT2D eigenvalue weighted by molar-refractivity contribution is -0.135. The van der Waals surface area contributed by atoms with Gasteiger partial charge in [0.2, 0.25) is 0 Å². The minimum Gasteiger partial charge on any atom is -0.480 e. The first kappa shape index (κ1) is 26.0. The number of aromatic nitrogens is 2. The Morgan fingerprint density at radius 3 is 2.55 bits per heavy atom. The van der Waals surface area contributed by atoms with Crippen LogP contribution in [0, 0.1) is 0 Å². The van der Waals surface area contributed by atoms with Gasteiger partial charge in [0.25, 0.3) is 15.9 Å². The number of morpholine rings is 1. The Bertz CT molecular complexity index is 1650. The van der Waals surface area contributed by atoms with E-state index in [0.29, 0.717) is 35.6 Å². The molecule has 196 valence electrons. The third-order valence-electron chi connectivity index (χ3n) is 5.94. The molecule has 10 nitrogen and oxygen atoms in total. The van der Waals surface area contributed by atoms with Gasteiger partial charge < -0.3 is 19.3 Å². The van der Waals surface area contributed by atoms with E-state index in [1.165, 1.54) is 24.3 Å². The molecule has 38 heavy (non-hydrogen) atoms. The van der Waals surface area contributed by atoms with E-state index < -0.39 is 22.5 Å². The first-order chi connectivity index (χ1) is 18.1. The van der Waals surface area contributed by atoms with Gasteiger partial charge in [-0.1, -0.05) is 23.2 Å². The quantitative estimate of drug-likeness (QED) is 0.354. The summed E-state index contributed by atoms with van der Waals surface area (Å²) in [6.07, 6.45) is 3.36. The first-order valence-electron chi connectivity index (χ1n) is 11.3. The van der Waals surface area contributed by atoms with E-state index in [0.717, 1.165) is 4.31 Å². The van der Waals surface area contributed by atoms with Gasteiger partial charge in [-0.25, -0.2) is 13.4 Å². The predicted molar refractivity (Wildman–Crippen MR) is 143 cm³/mol. The van der Waals surface area contributed by atoms with Crippen LogP contribution in [-0.4, -0.2) is 61.3 Å². The average Bonchev–Trinajstić information content (AvgIpc) is 3.30. The van der Waals surface area contributed by atoms with E-state index >= 15 is 0 Å². The molecule has 0 atom stereocenters. The molecule has 0 radical (unpaired) electrons. The van der Waals surface area contributed by atoms with Crippen LogP contribution >= 0.6 is 23.2 Å². The van der Waals surface area contributed by atoms with Crippen LogP contribution < -0.4 is 9.21 Å². The third kappa shape index (κ3) is 5.05. The lowest BCUT2D eigenvalue weighted by atomic mass is 10.2. The molecule has 13 heteroatoms. The number of hydrogen-bond acceptors (Lipinski definition) is 6. The highest BCUT2D eigenvalue weighted by Gasteiger charge is 2.28. The number of nitrogens with zero attached hydrogens (tertiary/aromatic N) is 4. The van der Waals surface area contributed by atoms with E-state index in [4.69, 9.17) is 27.9 Å². The van der Waals surface area contributed by atoms with E-state index in [-0.39, 0.29) is 33.1 Å². The van der Waals surface area contributed by atoms with Gasteiger partial charge >= 0.3 is 5.97 Å². The molecule has 0 aliphatic carbocycles. The molecular formula is C25H20Cl2N4O6S. The molecule has 0 bridgehead atoms. The minimum atomic E-state index is -4.31. The molecule has 0 unspecified atom stereocenters. The second-order valence-electron chi connectivity index (χ2n) is 8.41. The van der Waals surface area contributed by atoms with Crippen molar-refractivity contribution in [1.82, 2.24) is 9.55 Å². The maximum absolute atomic E-state index is 13.4. The Balaban J connectivity index is 1.53. The summed E-state index contributed by atoms with van der Waals surface area (Å²) in [7, 11) is -4.31. The maximum Gasteiger partial charge on any atom is 0.324 e. The Hall–Kier alpha value is -3.64. The van der Waals surface area contributed by atoms with Crippen molar-refractivity contribution in [3.63, 3.8) is 0 Å². The summed E-state index contributed by atoms with van der Waals surface area (Å²) in [5, 5.41) is 10.3. The van der Waals surface area contributed by atoms with Crippen molar-refractivity contribution in [2.75, 3.05) is 35.5 Å². The monoisotopic (exact) mass is 574 g/mol. The lowest BCUT2D eigenvalue weighted by Gasteiger charge is -2.27. The molecule has 0 spiro atoms. The van der Waals surface area contributed by atoms with Crippen LogP contribution in [0.5, 0.6) is 0 Å². The first-order valence-corrected chi connectivity index (χ1v) is 13.5. The highest BCUT2D eigenvalue weighted by molar-refractivity contribution is 7.92. The van der Waals surface area contributed by atoms with Gasteiger partial charge in [0.05, 0.1) is 22.7 Å². The van der Waals surface area contributed by atoms with Gasteiger partial charge in [-0.05, 0) is 48.5 Å². The molecule has 0 saturated carbocycles. The van der Waals surface area contributed by atoms with E-state index in [2.05, 4.69) is 4.98 Å². The number of benzene rings is 2. The number of hydrogen-bond donors (Lipinski definition) is 1. The highest BCUT2D eigenvalue weighted by atomic mass is 35.5. The molecule has 4 aromatic rings. The lowest BCUT2D eigenvalue weighted by Crippen LogP contribution is -2.41. The molecule has 1 aliphatic heterocycles. The zero-order valence-electron chi connectivity index (χ0n) is 19.6. The van der Waals surface area contributed by atoms with Crippen LogP contribution in [0.1, 0.15) is 0 Å². The Morgan fingerprint density at radius 1 is 1.08 bits per heavy atom. The van der Waals surface area contributed by atoms with Crippen molar-refractivity contribution in [2.24, 2.45) is 0 Å².